The minimum atomic E-state index is -1.15. The standard InChI is InChI=1S/C40H54N6O10S/c1-2-3-4-10-36(48)41-16-7-8-28-12-14-31(30(25-28)39(50)51)45-46-32-15-13-29(47)26-34(32)56-24-23-55-22-21-54-20-19-53-18-17-42-37(49)11-6-5-9-35-38-33(27-57-35)43-40(52)44-38/h1,12-15,25-26,33,35,38,47H,3-11,16-24,27H2,(H,41,48)(H,42,49)(H,50,51)(H2,43,44,52)/b46-45+/t33?,35-,38?/m0/s1. The van der Waals surface area contributed by atoms with Gasteiger partial charge in [0.05, 0.1) is 57.3 Å². The van der Waals surface area contributed by atoms with Crippen LogP contribution in [0.3, 0.4) is 0 Å². The van der Waals surface area contributed by atoms with Crippen molar-refractivity contribution in [3.8, 4) is 23.8 Å². The Bertz CT molecular complexity index is 1690. The van der Waals surface area contributed by atoms with Crippen molar-refractivity contribution < 1.29 is 48.3 Å². The Labute approximate surface area is 337 Å². The fourth-order valence-electron chi connectivity index (χ4n) is 6.14. The van der Waals surface area contributed by atoms with Crippen molar-refractivity contribution in [3.05, 3.63) is 47.5 Å². The number of urea groups is 1. The van der Waals surface area contributed by atoms with Crippen molar-refractivity contribution in [2.24, 2.45) is 10.2 Å². The minimum absolute atomic E-state index is 0.00483. The molecule has 6 N–H and O–H groups in total. The molecule has 2 aromatic carbocycles. The number of ether oxygens (including phenoxy) is 4. The first-order chi connectivity index (χ1) is 27.7. The maximum atomic E-state index is 12.1. The van der Waals surface area contributed by atoms with Gasteiger partial charge in [0.25, 0.3) is 0 Å². The summed E-state index contributed by atoms with van der Waals surface area (Å²) in [6.45, 7) is 3.12. The van der Waals surface area contributed by atoms with Crippen molar-refractivity contribution in [2.75, 3.05) is 65.1 Å². The van der Waals surface area contributed by atoms with Gasteiger partial charge >= 0.3 is 12.0 Å². The highest BCUT2D eigenvalue weighted by atomic mass is 32.2. The number of aryl methyl sites for hydroxylation is 1. The third kappa shape index (κ3) is 16.6. The molecule has 2 unspecified atom stereocenters. The van der Waals surface area contributed by atoms with Crippen LogP contribution in [0, 0.1) is 12.3 Å². The van der Waals surface area contributed by atoms with Crippen LogP contribution < -0.4 is 26.0 Å². The first kappa shape index (κ1) is 44.8. The molecule has 2 aromatic rings. The van der Waals surface area contributed by atoms with E-state index in [1.165, 1.54) is 18.2 Å². The fraction of sp³-hybridized carbons (Fsp3) is 0.550. The molecule has 0 spiro atoms. The summed E-state index contributed by atoms with van der Waals surface area (Å²) in [7, 11) is 0. The van der Waals surface area contributed by atoms with Crippen LogP contribution >= 0.6 is 11.8 Å². The van der Waals surface area contributed by atoms with E-state index in [0.717, 1.165) is 30.6 Å². The topological polar surface area (TPSA) is 218 Å². The van der Waals surface area contributed by atoms with Gasteiger partial charge < -0.3 is 50.4 Å². The maximum Gasteiger partial charge on any atom is 0.337 e. The van der Waals surface area contributed by atoms with Gasteiger partial charge in [-0.2, -0.15) is 11.8 Å². The number of carbonyl (C=O) groups is 4. The molecule has 0 bridgehead atoms. The number of thioether (sulfide) groups is 1. The largest absolute Gasteiger partial charge is 0.508 e. The second-order valence-electron chi connectivity index (χ2n) is 13.4. The lowest BCUT2D eigenvalue weighted by Gasteiger charge is -2.16. The Hall–Kier alpha value is -4.89. The average molecular weight is 811 g/mol. The van der Waals surface area contributed by atoms with Crippen LogP contribution in [0.5, 0.6) is 11.5 Å². The molecular weight excluding hydrogens is 757 g/mol. The highest BCUT2D eigenvalue weighted by Crippen LogP contribution is 2.34. The maximum absolute atomic E-state index is 12.1. The van der Waals surface area contributed by atoms with Crippen LogP contribution in [0.15, 0.2) is 46.6 Å². The number of nitrogens with zero attached hydrogens (tertiary/aromatic N) is 2. The van der Waals surface area contributed by atoms with E-state index in [-0.39, 0.29) is 65.9 Å². The van der Waals surface area contributed by atoms with Gasteiger partial charge in [-0.25, -0.2) is 9.59 Å². The Balaban J connectivity index is 1.03. The third-order valence-corrected chi connectivity index (χ3v) is 10.6. The number of unbranched alkanes of at least 4 members (excludes halogenated alkanes) is 2. The molecule has 2 heterocycles. The molecule has 2 fully saturated rings. The molecule has 57 heavy (non-hydrogen) atoms. The fourth-order valence-corrected chi connectivity index (χ4v) is 7.69. The lowest BCUT2D eigenvalue weighted by molar-refractivity contribution is -0.122. The van der Waals surface area contributed by atoms with Gasteiger partial charge in [0.1, 0.15) is 23.7 Å². The van der Waals surface area contributed by atoms with Crippen molar-refractivity contribution in [3.63, 3.8) is 0 Å². The Morgan fingerprint density at radius 3 is 2.28 bits per heavy atom. The van der Waals surface area contributed by atoms with E-state index in [2.05, 4.69) is 37.4 Å². The highest BCUT2D eigenvalue weighted by Gasteiger charge is 2.42. The molecule has 17 heteroatoms. The summed E-state index contributed by atoms with van der Waals surface area (Å²) >= 11 is 1.88. The molecule has 2 aliphatic heterocycles. The van der Waals surface area contributed by atoms with E-state index in [0.29, 0.717) is 95.6 Å². The van der Waals surface area contributed by atoms with Crippen LogP contribution in [0.2, 0.25) is 0 Å². The average Bonchev–Trinajstić information content (AvgIpc) is 3.75. The number of aromatic carboxylic acids is 1. The number of amides is 4. The summed E-state index contributed by atoms with van der Waals surface area (Å²) in [5.74, 6) is 2.45. The van der Waals surface area contributed by atoms with Gasteiger partial charge in [-0.3, -0.25) is 9.59 Å². The van der Waals surface area contributed by atoms with Crippen LogP contribution in [0.25, 0.3) is 0 Å². The van der Waals surface area contributed by atoms with E-state index in [9.17, 15) is 29.4 Å². The Kier molecular flexibility index (Phi) is 20.0. The zero-order valence-electron chi connectivity index (χ0n) is 32.2. The molecule has 2 saturated heterocycles. The zero-order valence-corrected chi connectivity index (χ0v) is 33.0. The van der Waals surface area contributed by atoms with Crippen LogP contribution in [-0.4, -0.2) is 116 Å². The molecule has 3 atom stereocenters. The SMILES string of the molecule is C#CCCCC(=O)NCCCc1ccc(/N=N/c2ccc(O)cc2OCCOCCOCCOCCNC(=O)CCCC[C@@H]2SCC3NC(=O)NC32)c(C(=O)O)c1. The molecule has 4 amide bonds. The Morgan fingerprint density at radius 1 is 0.842 bits per heavy atom. The number of azo groups is 1. The lowest BCUT2D eigenvalue weighted by Crippen LogP contribution is -2.36. The molecule has 2 aliphatic rings. The van der Waals surface area contributed by atoms with E-state index < -0.39 is 5.97 Å². The second-order valence-corrected chi connectivity index (χ2v) is 14.7. The highest BCUT2D eigenvalue weighted by molar-refractivity contribution is 8.00. The number of aromatic hydroxyl groups is 1. The van der Waals surface area contributed by atoms with Gasteiger partial charge in [-0.1, -0.05) is 12.5 Å². The third-order valence-electron chi connectivity index (χ3n) is 9.07. The molecule has 16 nitrogen and oxygen atoms in total. The number of fused-ring (bicyclic) bond motifs is 1. The summed E-state index contributed by atoms with van der Waals surface area (Å²) in [6, 6.07) is 9.56. The van der Waals surface area contributed by atoms with Gasteiger partial charge in [0, 0.05) is 49.4 Å². The van der Waals surface area contributed by atoms with E-state index in [1.807, 2.05) is 11.8 Å². The number of terminal acetylenes is 1. The second kappa shape index (κ2) is 25.4. The predicted octanol–water partition coefficient (Wildman–Crippen LogP) is 4.63. The van der Waals surface area contributed by atoms with E-state index in [4.69, 9.17) is 25.4 Å². The molecule has 0 aliphatic carbocycles. The number of phenolic OH excluding ortho intramolecular Hbond substituents is 1. The number of nitrogens with one attached hydrogen (secondary N) is 4. The molecular formula is C40H54N6O10S. The summed E-state index contributed by atoms with van der Waals surface area (Å²) in [5, 5.41) is 40.2. The molecule has 4 rings (SSSR count). The Morgan fingerprint density at radius 2 is 1.53 bits per heavy atom. The van der Waals surface area contributed by atoms with E-state index >= 15 is 0 Å². The van der Waals surface area contributed by atoms with Crippen molar-refractivity contribution in [1.82, 2.24) is 21.3 Å². The number of hydrogen-bond donors (Lipinski definition) is 6. The summed E-state index contributed by atoms with van der Waals surface area (Å²) in [6.07, 6.45) is 11.2. The predicted molar refractivity (Wildman–Crippen MR) is 215 cm³/mol. The number of carboxylic acid groups (broad SMARTS) is 1. The molecule has 310 valence electrons. The van der Waals surface area contributed by atoms with Crippen molar-refractivity contribution in [2.45, 2.75) is 75.1 Å². The van der Waals surface area contributed by atoms with E-state index in [1.54, 1.807) is 18.2 Å². The number of benzene rings is 2. The first-order valence-electron chi connectivity index (χ1n) is 19.4. The van der Waals surface area contributed by atoms with Crippen molar-refractivity contribution in [1.29, 1.82) is 0 Å². The number of carboxylic acids is 1. The zero-order chi connectivity index (χ0) is 40.7. The summed E-state index contributed by atoms with van der Waals surface area (Å²) < 4.78 is 22.4. The molecule has 0 saturated carbocycles. The lowest BCUT2D eigenvalue weighted by atomic mass is 10.0. The normalized spacial score (nSPS) is 17.1. The molecule has 0 aromatic heterocycles. The molecule has 0 radical (unpaired) electrons. The number of carbonyl (C=O) groups excluding carboxylic acids is 3. The van der Waals surface area contributed by atoms with Gasteiger partial charge in [0.15, 0.2) is 5.75 Å². The van der Waals surface area contributed by atoms with Gasteiger partial charge in [-0.15, -0.1) is 22.6 Å². The smallest absolute Gasteiger partial charge is 0.337 e. The minimum Gasteiger partial charge on any atom is -0.508 e. The van der Waals surface area contributed by atoms with Crippen LogP contribution in [0.4, 0.5) is 16.2 Å². The van der Waals surface area contributed by atoms with Crippen LogP contribution in [-0.2, 0) is 30.2 Å². The number of phenols is 1. The summed E-state index contributed by atoms with van der Waals surface area (Å²) in [5.41, 5.74) is 1.22. The van der Waals surface area contributed by atoms with Gasteiger partial charge in [-0.05, 0) is 61.9 Å². The monoisotopic (exact) mass is 810 g/mol. The van der Waals surface area contributed by atoms with Gasteiger partial charge in [0.2, 0.25) is 11.8 Å². The first-order valence-corrected chi connectivity index (χ1v) is 20.4. The summed E-state index contributed by atoms with van der Waals surface area (Å²) in [4.78, 5) is 47.5. The van der Waals surface area contributed by atoms with Crippen molar-refractivity contribution >= 4 is 47.0 Å². The number of hydrogen-bond acceptors (Lipinski definition) is 12. The van der Waals surface area contributed by atoms with Crippen LogP contribution in [0.1, 0.15) is 67.3 Å². The quantitative estimate of drug-likeness (QED) is 0.0301. The number of rotatable bonds is 28.